The first-order chi connectivity index (χ1) is 13.5. The molecule has 0 saturated heterocycles. The third-order valence-corrected chi connectivity index (χ3v) is 5.20. The van der Waals surface area contributed by atoms with Crippen molar-refractivity contribution in [3.8, 4) is 17.2 Å². The fraction of sp³-hybridized carbons (Fsp3) is 0.318. The van der Waals surface area contributed by atoms with Crippen LogP contribution in [-0.4, -0.2) is 19.5 Å². The van der Waals surface area contributed by atoms with Gasteiger partial charge in [-0.25, -0.2) is 4.98 Å². The largest absolute Gasteiger partial charge is 0.485 e. The molecule has 0 radical (unpaired) electrons. The zero-order chi connectivity index (χ0) is 19.8. The molecule has 0 N–H and O–H groups in total. The third kappa shape index (κ3) is 3.85. The van der Waals surface area contributed by atoms with Gasteiger partial charge in [-0.3, -0.25) is 0 Å². The van der Waals surface area contributed by atoms with Crippen molar-refractivity contribution in [2.24, 2.45) is 0 Å². The Morgan fingerprint density at radius 2 is 1.90 bits per heavy atom. The van der Waals surface area contributed by atoms with Crippen LogP contribution in [0.15, 0.2) is 35.0 Å². The average Bonchev–Trinajstić information content (AvgIpc) is 3.24. The summed E-state index contributed by atoms with van der Waals surface area (Å²) in [6.45, 7) is 10.6. The smallest absolute Gasteiger partial charge is 0.259 e. The summed E-state index contributed by atoms with van der Waals surface area (Å²) in [7, 11) is 0. The Morgan fingerprint density at radius 1 is 1.10 bits per heavy atom. The highest BCUT2D eigenvalue weighted by Crippen LogP contribution is 2.30. The maximum atomic E-state index is 6.29. The van der Waals surface area contributed by atoms with Gasteiger partial charge in [-0.1, -0.05) is 30.3 Å². The van der Waals surface area contributed by atoms with E-state index in [9.17, 15) is 0 Å². The van der Waals surface area contributed by atoms with Crippen LogP contribution in [0.3, 0.4) is 0 Å². The van der Waals surface area contributed by atoms with Crippen molar-refractivity contribution in [1.82, 2.24) is 19.5 Å². The Morgan fingerprint density at radius 3 is 2.59 bits per heavy atom. The highest BCUT2D eigenvalue weighted by Gasteiger charge is 2.16. The molecular formula is C22H25ClN4O2. The SMILES string of the molecule is CCc1cccc(C)c1COc1cc(-c2nc(C)no2)cn2c(C)c(C)nc12.Cl. The first-order valence-corrected chi connectivity index (χ1v) is 9.48. The number of hydrogen-bond acceptors (Lipinski definition) is 5. The minimum absolute atomic E-state index is 0. The van der Waals surface area contributed by atoms with Crippen LogP contribution < -0.4 is 4.74 Å². The van der Waals surface area contributed by atoms with Gasteiger partial charge in [-0.15, -0.1) is 12.4 Å². The molecule has 0 aliphatic heterocycles. The number of hydrogen-bond donors (Lipinski definition) is 0. The Kier molecular flexibility index (Phi) is 5.94. The maximum Gasteiger partial charge on any atom is 0.259 e. The summed E-state index contributed by atoms with van der Waals surface area (Å²) in [5, 5.41) is 3.91. The number of pyridine rings is 1. The zero-order valence-corrected chi connectivity index (χ0v) is 18.1. The summed E-state index contributed by atoms with van der Waals surface area (Å²) in [6.07, 6.45) is 2.94. The summed E-state index contributed by atoms with van der Waals surface area (Å²) >= 11 is 0. The summed E-state index contributed by atoms with van der Waals surface area (Å²) < 4.78 is 13.7. The van der Waals surface area contributed by atoms with E-state index in [1.54, 1.807) is 6.92 Å². The Hall–Kier alpha value is -2.86. The van der Waals surface area contributed by atoms with Gasteiger partial charge in [0.15, 0.2) is 17.2 Å². The highest BCUT2D eigenvalue weighted by atomic mass is 35.5. The average molecular weight is 413 g/mol. The predicted molar refractivity (Wildman–Crippen MR) is 115 cm³/mol. The van der Waals surface area contributed by atoms with Crippen molar-refractivity contribution in [3.05, 3.63) is 64.4 Å². The fourth-order valence-corrected chi connectivity index (χ4v) is 3.43. The van der Waals surface area contributed by atoms with Gasteiger partial charge in [-0.05, 0) is 56.9 Å². The number of ether oxygens (including phenoxy) is 1. The maximum absolute atomic E-state index is 6.29. The lowest BCUT2D eigenvalue weighted by Crippen LogP contribution is -2.04. The Labute approximate surface area is 176 Å². The molecule has 0 aliphatic rings. The van der Waals surface area contributed by atoms with Crippen LogP contribution in [0, 0.1) is 27.7 Å². The van der Waals surface area contributed by atoms with Crippen LogP contribution in [0.5, 0.6) is 5.75 Å². The molecule has 0 amide bonds. The van der Waals surface area contributed by atoms with E-state index in [1.807, 2.05) is 30.5 Å². The molecule has 7 heteroatoms. The number of fused-ring (bicyclic) bond motifs is 1. The lowest BCUT2D eigenvalue weighted by molar-refractivity contribution is 0.306. The number of aryl methyl sites for hydroxylation is 5. The monoisotopic (exact) mass is 412 g/mol. The van der Waals surface area contributed by atoms with Gasteiger partial charge in [0.05, 0.1) is 11.3 Å². The highest BCUT2D eigenvalue weighted by molar-refractivity contribution is 5.85. The fourth-order valence-electron chi connectivity index (χ4n) is 3.43. The number of rotatable bonds is 5. The predicted octanol–water partition coefficient (Wildman–Crippen LogP) is 5.18. The first-order valence-electron chi connectivity index (χ1n) is 9.48. The van der Waals surface area contributed by atoms with Crippen LogP contribution in [0.1, 0.15) is 40.8 Å². The third-order valence-electron chi connectivity index (χ3n) is 5.20. The summed E-state index contributed by atoms with van der Waals surface area (Å²) in [5.41, 5.74) is 7.38. The molecule has 0 unspecified atom stereocenters. The Bertz CT molecular complexity index is 1160. The normalized spacial score (nSPS) is 10.9. The summed E-state index contributed by atoms with van der Waals surface area (Å²) in [6, 6.07) is 8.30. The molecule has 3 heterocycles. The van der Waals surface area contributed by atoms with E-state index in [4.69, 9.17) is 14.2 Å². The second-order valence-electron chi connectivity index (χ2n) is 7.07. The topological polar surface area (TPSA) is 65.5 Å². The number of aromatic nitrogens is 4. The standard InChI is InChI=1S/C22H24N4O2.ClH/c1-6-17-9-7-8-13(2)19(17)12-27-20-10-18(22-24-16(5)25-28-22)11-26-15(4)14(3)23-21(20)26;/h7-11H,6,12H2,1-5H3;1H. The molecule has 4 rings (SSSR count). The molecular weight excluding hydrogens is 388 g/mol. The molecule has 0 bridgehead atoms. The van der Waals surface area contributed by atoms with Crippen LogP contribution in [-0.2, 0) is 13.0 Å². The number of nitrogens with zero attached hydrogens (tertiary/aromatic N) is 4. The van der Waals surface area contributed by atoms with E-state index in [1.165, 1.54) is 16.7 Å². The molecule has 0 spiro atoms. The van der Waals surface area contributed by atoms with Crippen molar-refractivity contribution in [3.63, 3.8) is 0 Å². The van der Waals surface area contributed by atoms with Crippen LogP contribution in [0.25, 0.3) is 17.1 Å². The van der Waals surface area contributed by atoms with Crippen molar-refractivity contribution in [1.29, 1.82) is 0 Å². The summed E-state index contributed by atoms with van der Waals surface area (Å²) in [4.78, 5) is 9.06. The molecule has 0 atom stereocenters. The van der Waals surface area contributed by atoms with Crippen molar-refractivity contribution < 1.29 is 9.26 Å². The molecule has 3 aromatic heterocycles. The van der Waals surface area contributed by atoms with Crippen LogP contribution in [0.4, 0.5) is 0 Å². The van der Waals surface area contributed by atoms with Gasteiger partial charge < -0.3 is 13.7 Å². The van der Waals surface area contributed by atoms with Crippen molar-refractivity contribution in [2.75, 3.05) is 0 Å². The van der Waals surface area contributed by atoms with Gasteiger partial charge in [0.25, 0.3) is 5.89 Å². The van der Waals surface area contributed by atoms with Gasteiger partial charge >= 0.3 is 0 Å². The molecule has 0 aliphatic carbocycles. The van der Waals surface area contributed by atoms with Gasteiger partial charge in [0.1, 0.15) is 6.61 Å². The molecule has 6 nitrogen and oxygen atoms in total. The second kappa shape index (κ2) is 8.25. The minimum atomic E-state index is 0. The number of halogens is 1. The second-order valence-corrected chi connectivity index (χ2v) is 7.07. The van der Waals surface area contributed by atoms with Gasteiger partial charge in [0.2, 0.25) is 0 Å². The number of benzene rings is 1. The number of imidazole rings is 1. The molecule has 152 valence electrons. The van der Waals surface area contributed by atoms with Gasteiger partial charge in [-0.2, -0.15) is 4.98 Å². The zero-order valence-electron chi connectivity index (χ0n) is 17.3. The molecule has 1 aromatic carbocycles. The lowest BCUT2D eigenvalue weighted by Gasteiger charge is -2.14. The quantitative estimate of drug-likeness (QED) is 0.451. The minimum Gasteiger partial charge on any atom is -0.485 e. The van der Waals surface area contributed by atoms with E-state index < -0.39 is 0 Å². The summed E-state index contributed by atoms with van der Waals surface area (Å²) in [5.74, 6) is 1.78. The first kappa shape index (κ1) is 20.9. The van der Waals surface area contributed by atoms with E-state index in [-0.39, 0.29) is 12.4 Å². The van der Waals surface area contributed by atoms with E-state index >= 15 is 0 Å². The Balaban J connectivity index is 0.00000240. The van der Waals surface area contributed by atoms with Crippen LogP contribution in [0.2, 0.25) is 0 Å². The molecule has 0 saturated carbocycles. The van der Waals surface area contributed by atoms with Gasteiger partial charge in [0, 0.05) is 11.9 Å². The van der Waals surface area contributed by atoms with E-state index in [0.29, 0.717) is 24.1 Å². The molecule has 0 fully saturated rings. The molecule has 29 heavy (non-hydrogen) atoms. The van der Waals surface area contributed by atoms with Crippen molar-refractivity contribution >= 4 is 18.1 Å². The van der Waals surface area contributed by atoms with Crippen LogP contribution >= 0.6 is 12.4 Å². The van der Waals surface area contributed by atoms with Crippen molar-refractivity contribution in [2.45, 2.75) is 47.6 Å². The van der Waals surface area contributed by atoms with E-state index in [2.05, 4.69) is 42.2 Å². The molecule has 4 aromatic rings. The van der Waals surface area contributed by atoms with E-state index in [0.717, 1.165) is 29.0 Å². The lowest BCUT2D eigenvalue weighted by atomic mass is 10.0.